The standard InChI is InChI=1S/C16H18ClN3/c1-2-18-11-14-13(17)7-8-16(19-14)20-10-9-12-5-3-4-6-15(12)20/h3-8,18H,2,9-11H2,1H3. The van der Waals surface area contributed by atoms with E-state index < -0.39 is 0 Å². The van der Waals surface area contributed by atoms with E-state index in [4.69, 9.17) is 16.6 Å². The summed E-state index contributed by atoms with van der Waals surface area (Å²) in [5.41, 5.74) is 3.56. The number of rotatable bonds is 4. The molecule has 0 spiro atoms. The molecule has 0 unspecified atom stereocenters. The van der Waals surface area contributed by atoms with E-state index in [9.17, 15) is 0 Å². The van der Waals surface area contributed by atoms with Gasteiger partial charge in [-0.1, -0.05) is 36.7 Å². The van der Waals surface area contributed by atoms with Gasteiger partial charge in [-0.2, -0.15) is 0 Å². The molecule has 1 aliphatic heterocycles. The maximum absolute atomic E-state index is 6.22. The average molecular weight is 288 g/mol. The minimum atomic E-state index is 0.707. The lowest BCUT2D eigenvalue weighted by atomic mass is 10.2. The molecule has 0 aliphatic carbocycles. The molecule has 3 rings (SSSR count). The molecule has 2 aromatic rings. The zero-order valence-electron chi connectivity index (χ0n) is 11.6. The van der Waals surface area contributed by atoms with Crippen LogP contribution in [0.2, 0.25) is 5.02 Å². The van der Waals surface area contributed by atoms with Crippen LogP contribution in [0.1, 0.15) is 18.2 Å². The first-order valence-corrected chi connectivity index (χ1v) is 7.39. The zero-order valence-corrected chi connectivity index (χ0v) is 12.3. The second kappa shape index (κ2) is 5.81. The lowest BCUT2D eigenvalue weighted by molar-refractivity contribution is 0.710. The summed E-state index contributed by atoms with van der Waals surface area (Å²) in [6, 6.07) is 12.5. The average Bonchev–Trinajstić information content (AvgIpc) is 2.90. The first-order valence-electron chi connectivity index (χ1n) is 7.01. The fraction of sp³-hybridized carbons (Fsp3) is 0.312. The molecule has 0 saturated carbocycles. The highest BCUT2D eigenvalue weighted by Gasteiger charge is 2.21. The summed E-state index contributed by atoms with van der Waals surface area (Å²) in [7, 11) is 0. The third-order valence-corrected chi connectivity index (χ3v) is 3.95. The molecule has 0 atom stereocenters. The van der Waals surface area contributed by atoms with Crippen molar-refractivity contribution in [2.24, 2.45) is 0 Å². The number of fused-ring (bicyclic) bond motifs is 1. The largest absolute Gasteiger partial charge is 0.326 e. The van der Waals surface area contributed by atoms with Crippen LogP contribution < -0.4 is 10.2 Å². The van der Waals surface area contributed by atoms with Gasteiger partial charge in [0.25, 0.3) is 0 Å². The summed E-state index contributed by atoms with van der Waals surface area (Å²) >= 11 is 6.22. The highest BCUT2D eigenvalue weighted by Crippen LogP contribution is 2.33. The van der Waals surface area contributed by atoms with Gasteiger partial charge in [0.05, 0.1) is 10.7 Å². The molecule has 4 heteroatoms. The van der Waals surface area contributed by atoms with Crippen LogP contribution >= 0.6 is 11.6 Å². The number of benzene rings is 1. The predicted molar refractivity (Wildman–Crippen MR) is 83.8 cm³/mol. The minimum absolute atomic E-state index is 0.707. The van der Waals surface area contributed by atoms with Gasteiger partial charge in [-0.05, 0) is 36.7 Å². The summed E-state index contributed by atoms with van der Waals surface area (Å²) in [4.78, 5) is 6.99. The van der Waals surface area contributed by atoms with Crippen LogP contribution in [0.25, 0.3) is 0 Å². The molecule has 1 aliphatic rings. The molecular weight excluding hydrogens is 270 g/mol. The van der Waals surface area contributed by atoms with Crippen LogP contribution in [0.5, 0.6) is 0 Å². The summed E-state index contributed by atoms with van der Waals surface area (Å²) in [5, 5.41) is 4.00. The van der Waals surface area contributed by atoms with Gasteiger partial charge in [0, 0.05) is 18.8 Å². The van der Waals surface area contributed by atoms with Crippen LogP contribution in [0.4, 0.5) is 11.5 Å². The monoisotopic (exact) mass is 287 g/mol. The topological polar surface area (TPSA) is 28.2 Å². The second-order valence-electron chi connectivity index (χ2n) is 4.91. The quantitative estimate of drug-likeness (QED) is 0.932. The minimum Gasteiger partial charge on any atom is -0.326 e. The van der Waals surface area contributed by atoms with Crippen molar-refractivity contribution >= 4 is 23.1 Å². The Balaban J connectivity index is 1.92. The smallest absolute Gasteiger partial charge is 0.133 e. The normalized spacial score (nSPS) is 13.6. The van der Waals surface area contributed by atoms with Crippen LogP contribution in [-0.4, -0.2) is 18.1 Å². The lowest BCUT2D eigenvalue weighted by Crippen LogP contribution is -2.18. The van der Waals surface area contributed by atoms with Crippen molar-refractivity contribution in [3.8, 4) is 0 Å². The Labute approximate surface area is 124 Å². The highest BCUT2D eigenvalue weighted by molar-refractivity contribution is 6.31. The highest BCUT2D eigenvalue weighted by atomic mass is 35.5. The van der Waals surface area contributed by atoms with Crippen molar-refractivity contribution in [3.63, 3.8) is 0 Å². The molecule has 0 fully saturated rings. The number of nitrogens with zero attached hydrogens (tertiary/aromatic N) is 2. The summed E-state index contributed by atoms with van der Waals surface area (Å²) in [5.74, 6) is 0.979. The number of anilines is 2. The van der Waals surface area contributed by atoms with Crippen molar-refractivity contribution in [1.82, 2.24) is 10.3 Å². The number of hydrogen-bond acceptors (Lipinski definition) is 3. The van der Waals surface area contributed by atoms with E-state index in [1.165, 1.54) is 11.3 Å². The first-order chi connectivity index (χ1) is 9.79. The summed E-state index contributed by atoms with van der Waals surface area (Å²) < 4.78 is 0. The van der Waals surface area contributed by atoms with Crippen molar-refractivity contribution in [2.75, 3.05) is 18.0 Å². The Morgan fingerprint density at radius 2 is 2.10 bits per heavy atom. The van der Waals surface area contributed by atoms with E-state index in [0.29, 0.717) is 6.54 Å². The van der Waals surface area contributed by atoms with Gasteiger partial charge in [-0.15, -0.1) is 0 Å². The number of pyridine rings is 1. The molecule has 0 amide bonds. The first kappa shape index (κ1) is 13.4. The van der Waals surface area contributed by atoms with Gasteiger partial charge < -0.3 is 10.2 Å². The zero-order chi connectivity index (χ0) is 13.9. The number of hydrogen-bond donors (Lipinski definition) is 1. The van der Waals surface area contributed by atoms with Crippen molar-refractivity contribution in [2.45, 2.75) is 19.9 Å². The van der Waals surface area contributed by atoms with Crippen molar-refractivity contribution in [3.05, 3.63) is 52.7 Å². The molecule has 0 saturated heterocycles. The molecule has 1 aromatic heterocycles. The molecule has 104 valence electrons. The van der Waals surface area contributed by atoms with E-state index in [2.05, 4.69) is 41.4 Å². The van der Waals surface area contributed by atoms with Gasteiger partial charge in [-0.25, -0.2) is 4.98 Å². The van der Waals surface area contributed by atoms with Crippen LogP contribution in [0.15, 0.2) is 36.4 Å². The van der Waals surface area contributed by atoms with Gasteiger partial charge in [0.2, 0.25) is 0 Å². The van der Waals surface area contributed by atoms with Crippen LogP contribution in [0.3, 0.4) is 0 Å². The fourth-order valence-electron chi connectivity index (χ4n) is 2.57. The number of halogens is 1. The third kappa shape index (κ3) is 2.51. The summed E-state index contributed by atoms with van der Waals surface area (Å²) in [6.45, 7) is 4.68. The Morgan fingerprint density at radius 3 is 2.95 bits per heavy atom. The molecule has 2 heterocycles. The Hall–Kier alpha value is -1.58. The van der Waals surface area contributed by atoms with Crippen molar-refractivity contribution < 1.29 is 0 Å². The maximum Gasteiger partial charge on any atom is 0.133 e. The van der Waals surface area contributed by atoms with E-state index in [-0.39, 0.29) is 0 Å². The fourth-order valence-corrected chi connectivity index (χ4v) is 2.74. The maximum atomic E-state index is 6.22. The van der Waals surface area contributed by atoms with Gasteiger partial charge in [0.1, 0.15) is 5.82 Å². The van der Waals surface area contributed by atoms with Crippen molar-refractivity contribution in [1.29, 1.82) is 0 Å². The second-order valence-corrected chi connectivity index (χ2v) is 5.32. The number of nitrogens with one attached hydrogen (secondary N) is 1. The van der Waals surface area contributed by atoms with Crippen LogP contribution in [-0.2, 0) is 13.0 Å². The molecule has 0 radical (unpaired) electrons. The SMILES string of the molecule is CCNCc1nc(N2CCc3ccccc32)ccc1Cl. The molecule has 3 nitrogen and oxygen atoms in total. The third-order valence-electron chi connectivity index (χ3n) is 3.61. The molecule has 0 bridgehead atoms. The van der Waals surface area contributed by atoms with Gasteiger partial charge in [-0.3, -0.25) is 0 Å². The van der Waals surface area contributed by atoms with Gasteiger partial charge >= 0.3 is 0 Å². The predicted octanol–water partition coefficient (Wildman–Crippen LogP) is 3.54. The number of para-hydroxylation sites is 1. The van der Waals surface area contributed by atoms with Gasteiger partial charge in [0.15, 0.2) is 0 Å². The Kier molecular flexibility index (Phi) is 3.90. The van der Waals surface area contributed by atoms with E-state index in [0.717, 1.165) is 36.0 Å². The van der Waals surface area contributed by atoms with Crippen LogP contribution in [0, 0.1) is 0 Å². The van der Waals surface area contributed by atoms with E-state index in [1.54, 1.807) is 0 Å². The Morgan fingerprint density at radius 1 is 1.25 bits per heavy atom. The van der Waals surface area contributed by atoms with E-state index in [1.807, 2.05) is 12.1 Å². The molecule has 1 aromatic carbocycles. The number of aromatic nitrogens is 1. The Bertz CT molecular complexity index is 612. The van der Waals surface area contributed by atoms with E-state index >= 15 is 0 Å². The molecule has 1 N–H and O–H groups in total. The summed E-state index contributed by atoms with van der Waals surface area (Å²) in [6.07, 6.45) is 1.07. The molecular formula is C16H18ClN3. The molecule has 20 heavy (non-hydrogen) atoms. The lowest BCUT2D eigenvalue weighted by Gasteiger charge is -2.19.